The summed E-state index contributed by atoms with van der Waals surface area (Å²) in [5.41, 5.74) is 3.53. The Balaban J connectivity index is 1.32. The van der Waals surface area contributed by atoms with Gasteiger partial charge in [-0.2, -0.15) is 0 Å². The Morgan fingerprint density at radius 3 is 2.28 bits per heavy atom. The third kappa shape index (κ3) is 6.81. The molecule has 0 spiro atoms. The predicted octanol–water partition coefficient (Wildman–Crippen LogP) is 5.30. The lowest BCUT2D eigenvalue weighted by Gasteiger charge is -2.42. The van der Waals surface area contributed by atoms with Gasteiger partial charge in [-0.3, -0.25) is 4.79 Å². The van der Waals surface area contributed by atoms with Crippen molar-refractivity contribution in [1.29, 1.82) is 0 Å². The molecule has 2 aromatic rings. The van der Waals surface area contributed by atoms with E-state index < -0.39 is 0 Å². The van der Waals surface area contributed by atoms with Crippen LogP contribution in [-0.2, 0) is 24.1 Å². The summed E-state index contributed by atoms with van der Waals surface area (Å²) in [5.74, 6) is 3.22. The molecule has 1 aliphatic heterocycles. The van der Waals surface area contributed by atoms with Crippen molar-refractivity contribution in [2.45, 2.75) is 82.8 Å². The van der Waals surface area contributed by atoms with Crippen LogP contribution < -0.4 is 18.9 Å². The Kier molecular flexibility index (Phi) is 10.0. The number of aryl methyl sites for hydroxylation is 1. The van der Waals surface area contributed by atoms with Crippen LogP contribution in [0.3, 0.4) is 0 Å². The molecule has 7 heteroatoms. The number of ether oxygens (including phenoxy) is 4. The number of rotatable bonds is 11. The van der Waals surface area contributed by atoms with Gasteiger partial charge in [0.1, 0.15) is 0 Å². The van der Waals surface area contributed by atoms with E-state index in [-0.39, 0.29) is 5.91 Å². The number of methoxy groups -OCH3 is 4. The average molecular weight is 539 g/mol. The monoisotopic (exact) mass is 538 g/mol. The molecule has 39 heavy (non-hydrogen) atoms. The molecule has 1 fully saturated rings. The molecule has 0 radical (unpaired) electrons. The molecule has 214 valence electrons. The first-order chi connectivity index (χ1) is 18.9. The van der Waals surface area contributed by atoms with Gasteiger partial charge in [0.15, 0.2) is 23.0 Å². The molecular weight excluding hydrogens is 492 g/mol. The van der Waals surface area contributed by atoms with Crippen LogP contribution in [0, 0.1) is 0 Å². The zero-order chi connectivity index (χ0) is 27.9. The minimum Gasteiger partial charge on any atom is -0.493 e. The fraction of sp³-hybridized carbons (Fsp3) is 0.594. The largest absolute Gasteiger partial charge is 0.493 e. The van der Waals surface area contributed by atoms with E-state index in [2.05, 4.69) is 35.9 Å². The fourth-order valence-corrected chi connectivity index (χ4v) is 6.37. The van der Waals surface area contributed by atoms with Gasteiger partial charge in [-0.15, -0.1) is 0 Å². The Morgan fingerprint density at radius 2 is 1.59 bits per heavy atom. The van der Waals surface area contributed by atoms with Crippen molar-refractivity contribution < 1.29 is 23.7 Å². The van der Waals surface area contributed by atoms with E-state index in [0.29, 0.717) is 30.3 Å². The summed E-state index contributed by atoms with van der Waals surface area (Å²) >= 11 is 0. The highest BCUT2D eigenvalue weighted by Crippen LogP contribution is 2.35. The lowest BCUT2D eigenvalue weighted by molar-refractivity contribution is -0.133. The van der Waals surface area contributed by atoms with Crippen molar-refractivity contribution in [2.24, 2.45) is 0 Å². The molecule has 0 aromatic heterocycles. The maximum Gasteiger partial charge on any atom is 0.227 e. The zero-order valence-corrected chi connectivity index (χ0v) is 24.6. The first-order valence-electron chi connectivity index (χ1n) is 14.3. The molecule has 2 aliphatic rings. The van der Waals surface area contributed by atoms with E-state index in [1.165, 1.54) is 17.5 Å². The Bertz CT molecular complexity index is 1120. The molecule has 3 unspecified atom stereocenters. The molecule has 2 aromatic carbocycles. The minimum atomic E-state index is 0.234. The predicted molar refractivity (Wildman–Crippen MR) is 154 cm³/mol. The van der Waals surface area contributed by atoms with Crippen LogP contribution in [-0.4, -0.2) is 75.9 Å². The van der Waals surface area contributed by atoms with Gasteiger partial charge in [-0.05, 0) is 106 Å². The van der Waals surface area contributed by atoms with Crippen LogP contribution >= 0.6 is 0 Å². The normalized spacial score (nSPS) is 20.3. The molecular formula is C32H46N2O5. The summed E-state index contributed by atoms with van der Waals surface area (Å²) in [6, 6.07) is 11.5. The number of hydrogen-bond acceptors (Lipinski definition) is 6. The van der Waals surface area contributed by atoms with Gasteiger partial charge in [0, 0.05) is 24.7 Å². The van der Waals surface area contributed by atoms with Gasteiger partial charge >= 0.3 is 0 Å². The smallest absolute Gasteiger partial charge is 0.227 e. The molecule has 0 bridgehead atoms. The molecule has 1 saturated carbocycles. The van der Waals surface area contributed by atoms with Gasteiger partial charge in [-0.25, -0.2) is 0 Å². The van der Waals surface area contributed by atoms with Gasteiger partial charge in [0.2, 0.25) is 5.91 Å². The molecule has 0 N–H and O–H groups in total. The third-order valence-electron chi connectivity index (χ3n) is 8.86. The molecule has 3 atom stereocenters. The fourth-order valence-electron chi connectivity index (χ4n) is 6.37. The summed E-state index contributed by atoms with van der Waals surface area (Å²) < 4.78 is 21.8. The van der Waals surface area contributed by atoms with Crippen molar-refractivity contribution in [3.8, 4) is 23.0 Å². The molecule has 7 nitrogen and oxygen atoms in total. The third-order valence-corrected chi connectivity index (χ3v) is 8.86. The van der Waals surface area contributed by atoms with Crippen molar-refractivity contribution in [3.05, 3.63) is 47.0 Å². The number of fused-ring (bicyclic) bond motifs is 1. The minimum absolute atomic E-state index is 0.234. The van der Waals surface area contributed by atoms with E-state index in [0.717, 1.165) is 74.3 Å². The second kappa shape index (κ2) is 13.4. The number of benzene rings is 2. The molecule has 0 saturated heterocycles. The molecule has 1 heterocycles. The van der Waals surface area contributed by atoms with Gasteiger partial charge in [0.05, 0.1) is 34.9 Å². The Morgan fingerprint density at radius 1 is 0.923 bits per heavy atom. The van der Waals surface area contributed by atoms with E-state index in [1.54, 1.807) is 28.4 Å². The quantitative estimate of drug-likeness (QED) is 0.387. The van der Waals surface area contributed by atoms with Crippen LogP contribution in [0.1, 0.15) is 62.1 Å². The summed E-state index contributed by atoms with van der Waals surface area (Å²) in [4.78, 5) is 18.2. The summed E-state index contributed by atoms with van der Waals surface area (Å²) in [7, 11) is 8.93. The number of carbonyl (C=O) groups excluding carboxylic acids is 1. The first-order valence-corrected chi connectivity index (χ1v) is 14.3. The van der Waals surface area contributed by atoms with Gasteiger partial charge in [0.25, 0.3) is 0 Å². The maximum atomic E-state index is 13.4. The topological polar surface area (TPSA) is 60.5 Å². The molecule has 1 aliphatic carbocycles. The first kappa shape index (κ1) is 29.1. The lowest BCUT2D eigenvalue weighted by atomic mass is 9.88. The van der Waals surface area contributed by atoms with Crippen molar-refractivity contribution in [3.63, 3.8) is 0 Å². The highest BCUT2D eigenvalue weighted by Gasteiger charge is 2.34. The Hall–Kier alpha value is -2.93. The standard InChI is InChI=1S/C32H46N2O5/c1-22(9-7-10-23-13-14-28(36-3)29(17-23)37-4)33(2)26-11-8-12-27(21-26)34-16-15-24-18-30(38-5)31(39-6)19-25(24)20-32(34)35/h13-14,17-19,22,26-27H,7-12,15-16,20-21H2,1-6H3. The Labute approximate surface area is 234 Å². The van der Waals surface area contributed by atoms with Crippen LogP contribution in [0.5, 0.6) is 23.0 Å². The van der Waals surface area contributed by atoms with Gasteiger partial charge < -0.3 is 28.7 Å². The van der Waals surface area contributed by atoms with Crippen molar-refractivity contribution >= 4 is 5.91 Å². The van der Waals surface area contributed by atoms with Crippen molar-refractivity contribution in [2.75, 3.05) is 42.0 Å². The van der Waals surface area contributed by atoms with E-state index >= 15 is 0 Å². The number of carbonyl (C=O) groups is 1. The van der Waals surface area contributed by atoms with Crippen LogP contribution in [0.15, 0.2) is 30.3 Å². The van der Waals surface area contributed by atoms with Gasteiger partial charge in [-0.1, -0.05) is 6.07 Å². The van der Waals surface area contributed by atoms with Crippen LogP contribution in [0.2, 0.25) is 0 Å². The zero-order valence-electron chi connectivity index (χ0n) is 24.6. The molecule has 4 rings (SSSR count). The maximum absolute atomic E-state index is 13.4. The second-order valence-corrected chi connectivity index (χ2v) is 11.1. The lowest BCUT2D eigenvalue weighted by Crippen LogP contribution is -2.49. The second-order valence-electron chi connectivity index (χ2n) is 11.1. The number of nitrogens with zero attached hydrogens (tertiary/aromatic N) is 2. The number of amides is 1. The molecule has 1 amide bonds. The SMILES string of the molecule is COc1ccc(CCCC(C)N(C)C2CCCC(N3CCc4cc(OC)c(OC)cc4CC3=O)C2)cc1OC. The summed E-state index contributed by atoms with van der Waals surface area (Å²) in [5, 5.41) is 0. The van der Waals surface area contributed by atoms with Crippen molar-refractivity contribution in [1.82, 2.24) is 9.80 Å². The van der Waals surface area contributed by atoms with Crippen LogP contribution in [0.4, 0.5) is 0 Å². The summed E-state index contributed by atoms with van der Waals surface area (Å²) in [6.45, 7) is 3.11. The van der Waals surface area contributed by atoms with E-state index in [1.807, 2.05) is 18.2 Å². The van der Waals surface area contributed by atoms with E-state index in [4.69, 9.17) is 18.9 Å². The number of hydrogen-bond donors (Lipinski definition) is 0. The average Bonchev–Trinajstić information content (AvgIpc) is 3.13. The highest BCUT2D eigenvalue weighted by molar-refractivity contribution is 5.80. The highest BCUT2D eigenvalue weighted by atomic mass is 16.5. The van der Waals surface area contributed by atoms with E-state index in [9.17, 15) is 4.79 Å². The van der Waals surface area contributed by atoms with Crippen LogP contribution in [0.25, 0.3) is 0 Å². The summed E-state index contributed by atoms with van der Waals surface area (Å²) in [6.07, 6.45) is 9.05.